The Balaban J connectivity index is 2.35. The number of hydrogen-bond donors (Lipinski definition) is 0. The van der Waals surface area contributed by atoms with Gasteiger partial charge < -0.3 is 4.74 Å². The van der Waals surface area contributed by atoms with Crippen molar-refractivity contribution in [1.29, 1.82) is 0 Å². The average molecular weight is 341 g/mol. The molecule has 0 aliphatic carbocycles. The van der Waals surface area contributed by atoms with E-state index in [1.807, 2.05) is 0 Å². The SMILES string of the molecule is CC1OCCC1N(C)S(=O)(=O)c1cc([N+](=O)[O-])c(Cl)s1. The fourth-order valence-corrected chi connectivity index (χ4v) is 5.41. The zero-order valence-electron chi connectivity index (χ0n) is 10.8. The lowest BCUT2D eigenvalue weighted by Gasteiger charge is -2.25. The summed E-state index contributed by atoms with van der Waals surface area (Å²) < 4.78 is 31.2. The normalized spacial score (nSPS) is 23.4. The van der Waals surface area contributed by atoms with Crippen LogP contribution in [0.15, 0.2) is 10.3 Å². The predicted molar refractivity (Wildman–Crippen MR) is 74.8 cm³/mol. The highest BCUT2D eigenvalue weighted by Crippen LogP contribution is 2.38. The van der Waals surface area contributed by atoms with Gasteiger partial charge in [0, 0.05) is 19.7 Å². The number of halogens is 1. The number of thiophene rings is 1. The summed E-state index contributed by atoms with van der Waals surface area (Å²) in [6.45, 7) is 2.30. The molecule has 0 amide bonds. The molecule has 1 aliphatic rings. The molecule has 0 spiro atoms. The van der Waals surface area contributed by atoms with Crippen molar-refractivity contribution >= 4 is 38.6 Å². The third kappa shape index (κ3) is 2.68. The van der Waals surface area contributed by atoms with Crippen molar-refractivity contribution in [2.45, 2.75) is 29.7 Å². The number of nitro groups is 1. The molecule has 2 atom stereocenters. The molecule has 7 nitrogen and oxygen atoms in total. The van der Waals surface area contributed by atoms with Gasteiger partial charge >= 0.3 is 0 Å². The van der Waals surface area contributed by atoms with Crippen molar-refractivity contribution in [3.05, 3.63) is 20.5 Å². The summed E-state index contributed by atoms with van der Waals surface area (Å²) in [4.78, 5) is 10.0. The van der Waals surface area contributed by atoms with Crippen LogP contribution in [0, 0.1) is 10.1 Å². The summed E-state index contributed by atoms with van der Waals surface area (Å²) in [6, 6.07) is 0.721. The zero-order chi connectivity index (χ0) is 15.1. The third-order valence-electron chi connectivity index (χ3n) is 3.28. The predicted octanol–water partition coefficient (Wildman–Crippen LogP) is 2.11. The van der Waals surface area contributed by atoms with Crippen molar-refractivity contribution in [1.82, 2.24) is 4.31 Å². The third-order valence-corrected chi connectivity index (χ3v) is 6.95. The monoisotopic (exact) mass is 340 g/mol. The lowest BCUT2D eigenvalue weighted by atomic mass is 10.2. The number of nitrogens with zero attached hydrogens (tertiary/aromatic N) is 2. The molecule has 2 heterocycles. The van der Waals surface area contributed by atoms with Crippen LogP contribution in [0.4, 0.5) is 5.69 Å². The molecule has 0 N–H and O–H groups in total. The van der Waals surface area contributed by atoms with Gasteiger partial charge in [0.15, 0.2) is 4.34 Å². The van der Waals surface area contributed by atoms with Crippen LogP contribution in [-0.2, 0) is 14.8 Å². The largest absolute Gasteiger partial charge is 0.377 e. The first-order valence-electron chi connectivity index (χ1n) is 5.78. The van der Waals surface area contributed by atoms with E-state index >= 15 is 0 Å². The molecular formula is C10H13ClN2O5S2. The number of sulfonamides is 1. The summed E-state index contributed by atoms with van der Waals surface area (Å²) in [5, 5.41) is 10.7. The molecule has 10 heteroatoms. The maximum Gasteiger partial charge on any atom is 0.300 e. The van der Waals surface area contributed by atoms with Gasteiger partial charge in [-0.2, -0.15) is 4.31 Å². The molecule has 1 saturated heterocycles. The van der Waals surface area contributed by atoms with Gasteiger partial charge in [0.25, 0.3) is 15.7 Å². The van der Waals surface area contributed by atoms with Crippen molar-refractivity contribution in [2.24, 2.45) is 0 Å². The lowest BCUT2D eigenvalue weighted by Crippen LogP contribution is -2.40. The highest BCUT2D eigenvalue weighted by molar-refractivity contribution is 7.91. The van der Waals surface area contributed by atoms with Crippen LogP contribution in [0.1, 0.15) is 13.3 Å². The molecule has 1 fully saturated rings. The van der Waals surface area contributed by atoms with E-state index in [1.54, 1.807) is 6.92 Å². The summed E-state index contributed by atoms with van der Waals surface area (Å²) >= 11 is 6.40. The highest BCUT2D eigenvalue weighted by Gasteiger charge is 2.37. The molecule has 0 aromatic carbocycles. The molecule has 0 bridgehead atoms. The second-order valence-corrected chi connectivity index (χ2v) is 8.31. The number of ether oxygens (including phenoxy) is 1. The van der Waals surface area contributed by atoms with E-state index in [2.05, 4.69) is 0 Å². The van der Waals surface area contributed by atoms with Gasteiger partial charge in [-0.05, 0) is 13.3 Å². The van der Waals surface area contributed by atoms with E-state index in [1.165, 1.54) is 11.4 Å². The maximum absolute atomic E-state index is 12.5. The second kappa shape index (κ2) is 5.57. The van der Waals surface area contributed by atoms with E-state index in [0.29, 0.717) is 24.4 Å². The summed E-state index contributed by atoms with van der Waals surface area (Å²) in [5.74, 6) is 0. The van der Waals surface area contributed by atoms with Crippen LogP contribution in [0.25, 0.3) is 0 Å². The quantitative estimate of drug-likeness (QED) is 0.618. The summed E-state index contributed by atoms with van der Waals surface area (Å²) in [7, 11) is -2.36. The smallest absolute Gasteiger partial charge is 0.300 e. The van der Waals surface area contributed by atoms with E-state index in [-0.39, 0.29) is 26.4 Å². The summed E-state index contributed by atoms with van der Waals surface area (Å²) in [5.41, 5.74) is -0.389. The van der Waals surface area contributed by atoms with E-state index in [9.17, 15) is 18.5 Å². The molecule has 2 unspecified atom stereocenters. The minimum absolute atomic E-state index is 0.129. The first-order chi connectivity index (χ1) is 9.25. The first-order valence-corrected chi connectivity index (χ1v) is 8.42. The van der Waals surface area contributed by atoms with Crippen molar-refractivity contribution < 1.29 is 18.1 Å². The molecule has 1 aromatic heterocycles. The van der Waals surface area contributed by atoms with Crippen LogP contribution in [-0.4, -0.2) is 43.4 Å². The molecule has 1 aliphatic heterocycles. The molecule has 112 valence electrons. The molecule has 0 saturated carbocycles. The Bertz CT molecular complexity index is 630. The zero-order valence-corrected chi connectivity index (χ0v) is 13.2. The van der Waals surface area contributed by atoms with Gasteiger partial charge in [-0.1, -0.05) is 11.6 Å². The highest BCUT2D eigenvalue weighted by atomic mass is 35.5. The maximum atomic E-state index is 12.5. The number of hydrogen-bond acceptors (Lipinski definition) is 6. The van der Waals surface area contributed by atoms with Gasteiger partial charge in [-0.25, -0.2) is 8.42 Å². The van der Waals surface area contributed by atoms with Crippen molar-refractivity contribution in [3.8, 4) is 0 Å². The Morgan fingerprint density at radius 1 is 1.60 bits per heavy atom. The fraction of sp³-hybridized carbons (Fsp3) is 0.600. The van der Waals surface area contributed by atoms with E-state index in [4.69, 9.17) is 16.3 Å². The number of likely N-dealkylation sites (N-methyl/N-ethyl adjacent to an activating group) is 1. The Morgan fingerprint density at radius 3 is 2.70 bits per heavy atom. The van der Waals surface area contributed by atoms with Crippen molar-refractivity contribution in [2.75, 3.05) is 13.7 Å². The van der Waals surface area contributed by atoms with E-state index in [0.717, 1.165) is 6.07 Å². The molecular weight excluding hydrogens is 328 g/mol. The Hall–Kier alpha value is -0.740. The first kappa shape index (κ1) is 15.6. The second-order valence-electron chi connectivity index (χ2n) is 4.43. The van der Waals surface area contributed by atoms with Gasteiger partial charge in [0.05, 0.1) is 17.1 Å². The molecule has 0 radical (unpaired) electrons. The standard InChI is InChI=1S/C10H13ClN2O5S2/c1-6-7(3-4-18-6)12(2)20(16,17)9-5-8(13(14)15)10(11)19-9/h5-7H,3-4H2,1-2H3. The van der Waals surface area contributed by atoms with Crippen LogP contribution >= 0.6 is 22.9 Å². The number of rotatable bonds is 4. The minimum Gasteiger partial charge on any atom is -0.377 e. The van der Waals surface area contributed by atoms with Crippen LogP contribution in [0.5, 0.6) is 0 Å². The average Bonchev–Trinajstić information content (AvgIpc) is 2.94. The van der Waals surface area contributed by atoms with Gasteiger partial charge in [0.2, 0.25) is 0 Å². The lowest BCUT2D eigenvalue weighted by molar-refractivity contribution is -0.384. The van der Waals surface area contributed by atoms with Crippen molar-refractivity contribution in [3.63, 3.8) is 0 Å². The topological polar surface area (TPSA) is 89.8 Å². The molecule has 2 rings (SSSR count). The van der Waals surface area contributed by atoms with E-state index < -0.39 is 14.9 Å². The Kier molecular flexibility index (Phi) is 4.35. The molecule has 20 heavy (non-hydrogen) atoms. The minimum atomic E-state index is -3.81. The van der Waals surface area contributed by atoms with Gasteiger partial charge in [0.1, 0.15) is 4.21 Å². The van der Waals surface area contributed by atoms with Crippen LogP contribution in [0.3, 0.4) is 0 Å². The Labute approximate surface area is 125 Å². The van der Waals surface area contributed by atoms with Crippen LogP contribution < -0.4 is 0 Å². The van der Waals surface area contributed by atoms with Gasteiger partial charge in [-0.15, -0.1) is 11.3 Å². The molecule has 1 aromatic rings. The fourth-order valence-electron chi connectivity index (χ4n) is 2.11. The summed E-state index contributed by atoms with van der Waals surface area (Å²) in [6.07, 6.45) is 0.387. The van der Waals surface area contributed by atoms with Crippen LogP contribution in [0.2, 0.25) is 4.34 Å². The van der Waals surface area contributed by atoms with Gasteiger partial charge in [-0.3, -0.25) is 10.1 Å². The Morgan fingerprint density at radius 2 is 2.25 bits per heavy atom.